The molecule has 19 heavy (non-hydrogen) atoms. The molecule has 1 saturated carbocycles. The van der Waals surface area contributed by atoms with Crippen LogP contribution in [0.4, 0.5) is 0 Å². The topological polar surface area (TPSA) is 41.6 Å². The molecular formula is C14H17Br2N3. The molecule has 1 atom stereocenters. The number of rotatable bonds is 2. The van der Waals surface area contributed by atoms with E-state index in [4.69, 9.17) is 5.73 Å². The normalized spacial score (nSPS) is 24.0. The van der Waals surface area contributed by atoms with Crippen molar-refractivity contribution in [2.24, 2.45) is 10.7 Å². The van der Waals surface area contributed by atoms with E-state index in [0.29, 0.717) is 12.1 Å². The molecule has 0 spiro atoms. The van der Waals surface area contributed by atoms with E-state index in [9.17, 15) is 0 Å². The summed E-state index contributed by atoms with van der Waals surface area (Å²) in [5, 5.41) is 0. The smallest absolute Gasteiger partial charge is 0.192 e. The largest absolute Gasteiger partial charge is 0.370 e. The van der Waals surface area contributed by atoms with Gasteiger partial charge in [-0.05, 0) is 62.4 Å². The summed E-state index contributed by atoms with van der Waals surface area (Å²) in [6, 6.07) is 7.28. The van der Waals surface area contributed by atoms with Crippen molar-refractivity contribution in [3.05, 3.63) is 32.7 Å². The third-order valence-corrected chi connectivity index (χ3v) is 5.95. The first-order valence-corrected chi connectivity index (χ1v) is 8.28. The van der Waals surface area contributed by atoms with Gasteiger partial charge in [-0.15, -0.1) is 0 Å². The van der Waals surface area contributed by atoms with Gasteiger partial charge < -0.3 is 10.6 Å². The van der Waals surface area contributed by atoms with Crippen LogP contribution < -0.4 is 5.73 Å². The van der Waals surface area contributed by atoms with Gasteiger partial charge in [0.15, 0.2) is 5.96 Å². The van der Waals surface area contributed by atoms with Crippen molar-refractivity contribution in [1.29, 1.82) is 0 Å². The minimum Gasteiger partial charge on any atom is -0.370 e. The highest BCUT2D eigenvalue weighted by Gasteiger charge is 2.34. The second kappa shape index (κ2) is 5.44. The standard InChI is InChI=1S/C14H17Br2N3/c15-11-6-5-9(7-12(11)16)13-8-18-14(17)19(13)10-3-1-2-4-10/h5-7,10,13H,1-4,8H2,(H2,17,18). The Kier molecular flexibility index (Phi) is 3.85. The monoisotopic (exact) mass is 385 g/mol. The zero-order chi connectivity index (χ0) is 13.4. The first-order chi connectivity index (χ1) is 9.16. The van der Waals surface area contributed by atoms with Crippen LogP contribution >= 0.6 is 31.9 Å². The van der Waals surface area contributed by atoms with Crippen molar-refractivity contribution in [3.8, 4) is 0 Å². The van der Waals surface area contributed by atoms with Gasteiger partial charge in [0.05, 0.1) is 12.6 Å². The number of guanidine groups is 1. The highest BCUT2D eigenvalue weighted by molar-refractivity contribution is 9.13. The molecule has 5 heteroatoms. The number of nitrogens with zero attached hydrogens (tertiary/aromatic N) is 2. The summed E-state index contributed by atoms with van der Waals surface area (Å²) in [5.74, 6) is 0.718. The summed E-state index contributed by atoms with van der Waals surface area (Å²) in [4.78, 5) is 6.80. The molecule has 3 rings (SSSR count). The summed E-state index contributed by atoms with van der Waals surface area (Å²) in [6.45, 7) is 0.774. The molecule has 0 saturated heterocycles. The average molecular weight is 387 g/mol. The summed E-state index contributed by atoms with van der Waals surface area (Å²) in [5.41, 5.74) is 7.39. The fourth-order valence-corrected chi connectivity index (χ4v) is 3.76. The number of aliphatic imine (C=N–C) groups is 1. The Morgan fingerprint density at radius 1 is 1.16 bits per heavy atom. The molecule has 1 aromatic rings. The molecular weight excluding hydrogens is 370 g/mol. The summed E-state index contributed by atoms with van der Waals surface area (Å²) in [7, 11) is 0. The van der Waals surface area contributed by atoms with Crippen molar-refractivity contribution >= 4 is 37.8 Å². The first-order valence-electron chi connectivity index (χ1n) is 6.70. The Labute approximate surface area is 130 Å². The predicted octanol–water partition coefficient (Wildman–Crippen LogP) is 3.83. The molecule has 1 fully saturated rings. The Morgan fingerprint density at radius 2 is 1.89 bits per heavy atom. The van der Waals surface area contributed by atoms with Gasteiger partial charge in [-0.25, -0.2) is 0 Å². The first kappa shape index (κ1) is 13.4. The Bertz CT molecular complexity index is 509. The molecule has 1 heterocycles. The molecule has 1 unspecified atom stereocenters. The highest BCUT2D eigenvalue weighted by Crippen LogP contribution is 2.36. The SMILES string of the molecule is NC1=NCC(c2ccc(Br)c(Br)c2)N1C1CCCC1. The van der Waals surface area contributed by atoms with Crippen LogP contribution in [-0.2, 0) is 0 Å². The Hall–Kier alpha value is -0.550. The fourth-order valence-electron chi connectivity index (χ4n) is 3.12. The molecule has 102 valence electrons. The molecule has 1 aliphatic carbocycles. The van der Waals surface area contributed by atoms with Gasteiger partial charge >= 0.3 is 0 Å². The number of nitrogens with two attached hydrogens (primary N) is 1. The van der Waals surface area contributed by atoms with Crippen molar-refractivity contribution in [1.82, 2.24) is 4.90 Å². The van der Waals surface area contributed by atoms with Gasteiger partial charge in [-0.2, -0.15) is 0 Å². The zero-order valence-electron chi connectivity index (χ0n) is 10.6. The molecule has 3 nitrogen and oxygen atoms in total. The predicted molar refractivity (Wildman–Crippen MR) is 85.2 cm³/mol. The molecule has 2 N–H and O–H groups in total. The Balaban J connectivity index is 1.88. The molecule has 1 aromatic carbocycles. The maximum atomic E-state index is 6.11. The number of hydrogen-bond acceptors (Lipinski definition) is 3. The third-order valence-electron chi connectivity index (χ3n) is 4.07. The summed E-state index contributed by atoms with van der Waals surface area (Å²) < 4.78 is 2.16. The van der Waals surface area contributed by atoms with Crippen molar-refractivity contribution in [2.45, 2.75) is 37.8 Å². The molecule has 0 amide bonds. The van der Waals surface area contributed by atoms with E-state index in [1.807, 2.05) is 0 Å². The van der Waals surface area contributed by atoms with Crippen molar-refractivity contribution < 1.29 is 0 Å². The lowest BCUT2D eigenvalue weighted by molar-refractivity contribution is 0.262. The van der Waals surface area contributed by atoms with Crippen LogP contribution in [0.2, 0.25) is 0 Å². The lowest BCUT2D eigenvalue weighted by Gasteiger charge is -2.32. The number of halogens is 2. The van der Waals surface area contributed by atoms with E-state index in [-0.39, 0.29) is 0 Å². The summed E-state index contributed by atoms with van der Waals surface area (Å²) >= 11 is 7.10. The quantitative estimate of drug-likeness (QED) is 0.839. The van der Waals surface area contributed by atoms with E-state index in [1.165, 1.54) is 31.2 Å². The molecule has 0 aromatic heterocycles. The zero-order valence-corrected chi connectivity index (χ0v) is 13.8. The van der Waals surface area contributed by atoms with Crippen LogP contribution in [-0.4, -0.2) is 23.4 Å². The van der Waals surface area contributed by atoms with Crippen molar-refractivity contribution in [3.63, 3.8) is 0 Å². The van der Waals surface area contributed by atoms with Gasteiger partial charge in [0.25, 0.3) is 0 Å². The average Bonchev–Trinajstić information content (AvgIpc) is 3.01. The minimum atomic E-state index is 0.299. The van der Waals surface area contributed by atoms with Crippen molar-refractivity contribution in [2.75, 3.05) is 6.54 Å². The van der Waals surface area contributed by atoms with Crippen LogP contribution in [0, 0.1) is 0 Å². The Morgan fingerprint density at radius 3 is 2.58 bits per heavy atom. The molecule has 2 aliphatic rings. The van der Waals surface area contributed by atoms with E-state index < -0.39 is 0 Å². The van der Waals surface area contributed by atoms with Crippen LogP contribution in [0.25, 0.3) is 0 Å². The van der Waals surface area contributed by atoms with E-state index in [0.717, 1.165) is 21.4 Å². The van der Waals surface area contributed by atoms with Gasteiger partial charge in [0, 0.05) is 15.0 Å². The van der Waals surface area contributed by atoms with Gasteiger partial charge in [0.1, 0.15) is 0 Å². The van der Waals surface area contributed by atoms with Gasteiger partial charge in [0.2, 0.25) is 0 Å². The van der Waals surface area contributed by atoms with E-state index in [2.05, 4.69) is 60.0 Å². The van der Waals surface area contributed by atoms with E-state index >= 15 is 0 Å². The highest BCUT2D eigenvalue weighted by atomic mass is 79.9. The number of hydrogen-bond donors (Lipinski definition) is 1. The second-order valence-electron chi connectivity index (χ2n) is 5.23. The van der Waals surface area contributed by atoms with E-state index in [1.54, 1.807) is 0 Å². The maximum Gasteiger partial charge on any atom is 0.192 e. The number of benzene rings is 1. The molecule has 0 bridgehead atoms. The molecule has 0 radical (unpaired) electrons. The van der Waals surface area contributed by atoms with Gasteiger partial charge in [-0.1, -0.05) is 18.9 Å². The van der Waals surface area contributed by atoms with Crippen LogP contribution in [0.5, 0.6) is 0 Å². The van der Waals surface area contributed by atoms with Crippen LogP contribution in [0.3, 0.4) is 0 Å². The lowest BCUT2D eigenvalue weighted by atomic mass is 10.0. The van der Waals surface area contributed by atoms with Gasteiger partial charge in [-0.3, -0.25) is 4.99 Å². The minimum absolute atomic E-state index is 0.299. The van der Waals surface area contributed by atoms with Crippen LogP contribution in [0.15, 0.2) is 32.1 Å². The lowest BCUT2D eigenvalue weighted by Crippen LogP contribution is -2.42. The maximum absolute atomic E-state index is 6.11. The summed E-state index contributed by atoms with van der Waals surface area (Å²) in [6.07, 6.45) is 5.10. The van der Waals surface area contributed by atoms with Crippen LogP contribution in [0.1, 0.15) is 37.3 Å². The third kappa shape index (κ3) is 2.55. The molecule has 1 aliphatic heterocycles. The fraction of sp³-hybridized carbons (Fsp3) is 0.500. The second-order valence-corrected chi connectivity index (χ2v) is 6.94.